The fourth-order valence-corrected chi connectivity index (χ4v) is 3.78. The Balaban J connectivity index is 1.55. The Bertz CT molecular complexity index is 534. The number of imide groups is 1. The highest BCUT2D eigenvalue weighted by atomic mass is 16.5. The molecule has 0 spiro atoms. The van der Waals surface area contributed by atoms with Crippen molar-refractivity contribution in [3.63, 3.8) is 0 Å². The number of likely N-dealkylation sites (tertiary alicyclic amines) is 1. The highest BCUT2D eigenvalue weighted by Gasteiger charge is 2.62. The third-order valence-corrected chi connectivity index (χ3v) is 5.01. The third-order valence-electron chi connectivity index (χ3n) is 5.01. The van der Waals surface area contributed by atoms with Crippen LogP contribution >= 0.6 is 0 Å². The van der Waals surface area contributed by atoms with Gasteiger partial charge in [-0.15, -0.1) is 0 Å². The van der Waals surface area contributed by atoms with E-state index in [9.17, 15) is 19.2 Å². The summed E-state index contributed by atoms with van der Waals surface area (Å²) < 4.78 is 5.65. The van der Waals surface area contributed by atoms with Crippen LogP contribution in [-0.4, -0.2) is 70.9 Å². The summed E-state index contributed by atoms with van der Waals surface area (Å²) in [4.78, 5) is 49.8. The number of hydrogen-bond donors (Lipinski definition) is 1. The minimum atomic E-state index is -0.974. The minimum Gasteiger partial charge on any atom is -0.481 e. The third kappa shape index (κ3) is 2.71. The monoisotopic (exact) mass is 324 g/mol. The average Bonchev–Trinajstić information content (AvgIpc) is 3.17. The fourth-order valence-electron chi connectivity index (χ4n) is 3.78. The number of carboxylic acids is 1. The lowest BCUT2D eigenvalue weighted by Gasteiger charge is -2.20. The van der Waals surface area contributed by atoms with E-state index < -0.39 is 5.97 Å². The van der Waals surface area contributed by atoms with Crippen molar-refractivity contribution in [3.05, 3.63) is 0 Å². The molecule has 8 nitrogen and oxygen atoms in total. The van der Waals surface area contributed by atoms with Crippen LogP contribution in [0.5, 0.6) is 0 Å². The van der Waals surface area contributed by atoms with Gasteiger partial charge in [-0.1, -0.05) is 0 Å². The molecule has 8 heteroatoms. The van der Waals surface area contributed by atoms with Crippen molar-refractivity contribution in [1.29, 1.82) is 0 Å². The highest BCUT2D eigenvalue weighted by molar-refractivity contribution is 6.06. The maximum absolute atomic E-state index is 12.4. The second-order valence-corrected chi connectivity index (χ2v) is 6.38. The van der Waals surface area contributed by atoms with E-state index in [1.165, 1.54) is 16.8 Å². The van der Waals surface area contributed by atoms with E-state index >= 15 is 0 Å². The molecule has 1 N–H and O–H groups in total. The lowest BCUT2D eigenvalue weighted by molar-refractivity contribution is -0.143. The number of aliphatic carboxylic acids is 1. The molecule has 0 saturated carbocycles. The summed E-state index contributed by atoms with van der Waals surface area (Å²) >= 11 is 0. The topological polar surface area (TPSA) is 104 Å². The molecule has 0 aromatic heterocycles. The molecular formula is C15H20N2O6. The van der Waals surface area contributed by atoms with Crippen molar-refractivity contribution in [2.45, 2.75) is 37.9 Å². The van der Waals surface area contributed by atoms with Crippen LogP contribution in [0.25, 0.3) is 0 Å². The van der Waals surface area contributed by atoms with Gasteiger partial charge in [0.1, 0.15) is 0 Å². The molecule has 3 amide bonds. The van der Waals surface area contributed by atoms with Gasteiger partial charge >= 0.3 is 5.97 Å². The van der Waals surface area contributed by atoms with Crippen LogP contribution in [0.15, 0.2) is 0 Å². The molecule has 2 bridgehead atoms. The number of rotatable bonds is 6. The molecule has 0 radical (unpaired) electrons. The maximum Gasteiger partial charge on any atom is 0.305 e. The Kier molecular flexibility index (Phi) is 4.09. The number of amides is 3. The number of carboxylic acid groups (broad SMARTS) is 1. The zero-order valence-electron chi connectivity index (χ0n) is 12.9. The second-order valence-electron chi connectivity index (χ2n) is 6.38. The van der Waals surface area contributed by atoms with Gasteiger partial charge in [0.15, 0.2) is 0 Å². The van der Waals surface area contributed by atoms with Crippen molar-refractivity contribution < 1.29 is 29.0 Å². The quantitative estimate of drug-likeness (QED) is 0.659. The zero-order chi connectivity index (χ0) is 16.7. The lowest BCUT2D eigenvalue weighted by atomic mass is 9.81. The summed E-state index contributed by atoms with van der Waals surface area (Å²) in [6, 6.07) is 0. The van der Waals surface area contributed by atoms with Crippen LogP contribution in [-0.2, 0) is 23.9 Å². The predicted molar refractivity (Wildman–Crippen MR) is 76.1 cm³/mol. The molecule has 3 heterocycles. The molecule has 0 aromatic carbocycles. The standard InChI is InChI=1S/C15H20N2O6/c1-16(6-5-11(19)20)10(18)4-7-17-14(21)12-8-2-3-9(23-8)13(12)15(17)22/h8-9,12-13H,2-7H2,1H3,(H,19,20). The number of fused-ring (bicyclic) bond motifs is 5. The van der Waals surface area contributed by atoms with Crippen molar-refractivity contribution in [2.24, 2.45) is 11.8 Å². The maximum atomic E-state index is 12.4. The Labute approximate surface area is 133 Å². The Morgan fingerprint density at radius 3 is 2.26 bits per heavy atom. The zero-order valence-corrected chi connectivity index (χ0v) is 12.9. The molecule has 0 aliphatic carbocycles. The van der Waals surface area contributed by atoms with E-state index in [0.717, 1.165) is 12.8 Å². The minimum absolute atomic E-state index is 0.0171. The van der Waals surface area contributed by atoms with E-state index in [1.54, 1.807) is 0 Å². The first-order valence-corrected chi connectivity index (χ1v) is 7.86. The van der Waals surface area contributed by atoms with Crippen molar-refractivity contribution >= 4 is 23.7 Å². The smallest absolute Gasteiger partial charge is 0.305 e. The summed E-state index contributed by atoms with van der Waals surface area (Å²) in [5.74, 6) is -2.45. The normalized spacial score (nSPS) is 31.6. The Morgan fingerprint density at radius 2 is 1.74 bits per heavy atom. The summed E-state index contributed by atoms with van der Waals surface area (Å²) in [6.07, 6.45) is 1.21. The highest BCUT2D eigenvalue weighted by Crippen LogP contribution is 2.48. The number of ether oxygens (including phenoxy) is 1. The fraction of sp³-hybridized carbons (Fsp3) is 0.733. The van der Waals surface area contributed by atoms with Gasteiger partial charge in [0, 0.05) is 26.6 Å². The van der Waals surface area contributed by atoms with Gasteiger partial charge in [-0.05, 0) is 12.8 Å². The van der Waals surface area contributed by atoms with E-state index in [-0.39, 0.29) is 67.7 Å². The number of hydrogen-bond acceptors (Lipinski definition) is 5. The molecule has 0 aromatic rings. The molecule has 23 heavy (non-hydrogen) atoms. The number of nitrogens with zero attached hydrogens (tertiary/aromatic N) is 2. The van der Waals surface area contributed by atoms with E-state index in [2.05, 4.69) is 0 Å². The predicted octanol–water partition coefficient (Wildman–Crippen LogP) is -0.528. The van der Waals surface area contributed by atoms with Crippen LogP contribution in [0.2, 0.25) is 0 Å². The second kappa shape index (κ2) is 5.92. The Morgan fingerprint density at radius 1 is 1.17 bits per heavy atom. The average molecular weight is 324 g/mol. The molecular weight excluding hydrogens is 304 g/mol. The molecule has 4 atom stereocenters. The van der Waals surface area contributed by atoms with Gasteiger partial charge in [-0.2, -0.15) is 0 Å². The van der Waals surface area contributed by atoms with Crippen molar-refractivity contribution in [2.75, 3.05) is 20.1 Å². The van der Waals surface area contributed by atoms with Crippen LogP contribution in [0.1, 0.15) is 25.7 Å². The van der Waals surface area contributed by atoms with Crippen LogP contribution in [0.4, 0.5) is 0 Å². The summed E-state index contributed by atoms with van der Waals surface area (Å²) in [5.41, 5.74) is 0. The van der Waals surface area contributed by atoms with E-state index in [0.29, 0.717) is 0 Å². The van der Waals surface area contributed by atoms with Gasteiger partial charge in [0.2, 0.25) is 17.7 Å². The van der Waals surface area contributed by atoms with Gasteiger partial charge in [0.05, 0.1) is 30.5 Å². The van der Waals surface area contributed by atoms with Crippen LogP contribution in [0.3, 0.4) is 0 Å². The van der Waals surface area contributed by atoms with Crippen LogP contribution in [0, 0.1) is 11.8 Å². The van der Waals surface area contributed by atoms with E-state index in [4.69, 9.17) is 9.84 Å². The first kappa shape index (κ1) is 15.9. The number of carbonyl (C=O) groups excluding carboxylic acids is 3. The summed E-state index contributed by atoms with van der Waals surface area (Å²) in [6.45, 7) is 0.166. The Hall–Kier alpha value is -1.96. The van der Waals surface area contributed by atoms with Gasteiger partial charge in [-0.3, -0.25) is 24.1 Å². The largest absolute Gasteiger partial charge is 0.481 e. The molecule has 3 aliphatic rings. The lowest BCUT2D eigenvalue weighted by Crippen LogP contribution is -2.38. The van der Waals surface area contributed by atoms with Crippen molar-refractivity contribution in [1.82, 2.24) is 9.80 Å². The van der Waals surface area contributed by atoms with Gasteiger partial charge in [0.25, 0.3) is 0 Å². The molecule has 3 saturated heterocycles. The van der Waals surface area contributed by atoms with E-state index in [1.807, 2.05) is 0 Å². The SMILES string of the molecule is CN(CCC(=O)O)C(=O)CCN1C(=O)C2C3CCC(O3)C2C1=O. The van der Waals surface area contributed by atoms with Gasteiger partial charge < -0.3 is 14.7 Å². The molecule has 3 fully saturated rings. The van der Waals surface area contributed by atoms with Gasteiger partial charge in [-0.25, -0.2) is 0 Å². The van der Waals surface area contributed by atoms with Crippen molar-refractivity contribution in [3.8, 4) is 0 Å². The first-order valence-electron chi connectivity index (χ1n) is 7.86. The summed E-state index contributed by atoms with van der Waals surface area (Å²) in [5, 5.41) is 8.62. The molecule has 4 unspecified atom stereocenters. The molecule has 3 aliphatic heterocycles. The molecule has 3 rings (SSSR count). The molecule has 126 valence electrons. The number of carbonyl (C=O) groups is 4. The first-order chi connectivity index (χ1) is 10.9. The van der Waals surface area contributed by atoms with Crippen LogP contribution < -0.4 is 0 Å². The summed E-state index contributed by atoms with van der Waals surface area (Å²) in [7, 11) is 1.52.